The van der Waals surface area contributed by atoms with Crippen molar-refractivity contribution in [1.82, 2.24) is 10.2 Å². The third-order valence-electron chi connectivity index (χ3n) is 3.87. The van der Waals surface area contributed by atoms with Crippen LogP contribution in [0.5, 0.6) is 0 Å². The van der Waals surface area contributed by atoms with Crippen LogP contribution in [0.3, 0.4) is 0 Å². The van der Waals surface area contributed by atoms with Crippen LogP contribution in [0, 0.1) is 5.92 Å². The first-order valence-corrected chi connectivity index (χ1v) is 6.96. The van der Waals surface area contributed by atoms with Crippen molar-refractivity contribution in [3.05, 3.63) is 0 Å². The third-order valence-corrected chi connectivity index (χ3v) is 3.87. The van der Waals surface area contributed by atoms with E-state index in [1.807, 2.05) is 6.92 Å². The molecule has 0 bridgehead atoms. The molecule has 6 nitrogen and oxygen atoms in total. The largest absolute Gasteiger partial charge is 0.481 e. The molecule has 0 radical (unpaired) electrons. The van der Waals surface area contributed by atoms with E-state index in [9.17, 15) is 9.59 Å². The van der Waals surface area contributed by atoms with Gasteiger partial charge in [-0.2, -0.15) is 0 Å². The molecule has 6 heteroatoms. The van der Waals surface area contributed by atoms with Crippen molar-refractivity contribution in [3.8, 4) is 0 Å². The fraction of sp³-hybridized carbons (Fsp3) is 0.846. The van der Waals surface area contributed by atoms with Crippen molar-refractivity contribution in [1.29, 1.82) is 0 Å². The number of hydrogen-bond donors (Lipinski definition) is 2. The summed E-state index contributed by atoms with van der Waals surface area (Å²) in [5.41, 5.74) is 0. The summed E-state index contributed by atoms with van der Waals surface area (Å²) in [5, 5.41) is 12.0. The van der Waals surface area contributed by atoms with Crippen molar-refractivity contribution < 1.29 is 19.4 Å². The first-order chi connectivity index (χ1) is 9.06. The zero-order chi connectivity index (χ0) is 13.8. The average molecular weight is 270 g/mol. The van der Waals surface area contributed by atoms with Crippen molar-refractivity contribution in [2.75, 3.05) is 19.7 Å². The molecule has 19 heavy (non-hydrogen) atoms. The normalized spacial score (nSPS) is 31.8. The summed E-state index contributed by atoms with van der Waals surface area (Å²) in [6, 6.07) is 0.00602. The maximum Gasteiger partial charge on any atom is 0.317 e. The van der Waals surface area contributed by atoms with E-state index in [2.05, 4.69) is 5.32 Å². The number of ether oxygens (including phenoxy) is 1. The highest BCUT2D eigenvalue weighted by Crippen LogP contribution is 2.18. The lowest BCUT2D eigenvalue weighted by molar-refractivity contribution is -0.143. The number of carbonyl (C=O) groups excluding carboxylic acids is 1. The summed E-state index contributed by atoms with van der Waals surface area (Å²) >= 11 is 0. The fourth-order valence-electron chi connectivity index (χ4n) is 2.76. The van der Waals surface area contributed by atoms with Crippen molar-refractivity contribution >= 4 is 12.0 Å². The number of carbonyl (C=O) groups is 2. The predicted octanol–water partition coefficient (Wildman–Crippen LogP) is 1.06. The maximum absolute atomic E-state index is 12.1. The molecule has 108 valence electrons. The van der Waals surface area contributed by atoms with Gasteiger partial charge in [0, 0.05) is 25.7 Å². The molecular formula is C13H22N2O4. The van der Waals surface area contributed by atoms with Gasteiger partial charge in [0.05, 0.1) is 12.0 Å². The molecule has 0 aromatic rings. The number of rotatable bonds is 2. The van der Waals surface area contributed by atoms with E-state index < -0.39 is 11.9 Å². The van der Waals surface area contributed by atoms with Gasteiger partial charge in [-0.05, 0) is 32.6 Å². The SMILES string of the molecule is CC1CC(NC(=O)N2CCC[C@H](C(=O)O)C2)CCO1. The van der Waals surface area contributed by atoms with E-state index in [0.717, 1.165) is 19.3 Å². The average Bonchev–Trinajstić information content (AvgIpc) is 2.39. The Morgan fingerprint density at radius 2 is 2.16 bits per heavy atom. The number of carboxylic acid groups (broad SMARTS) is 1. The van der Waals surface area contributed by atoms with Gasteiger partial charge in [0.25, 0.3) is 0 Å². The predicted molar refractivity (Wildman–Crippen MR) is 68.9 cm³/mol. The zero-order valence-electron chi connectivity index (χ0n) is 11.3. The van der Waals surface area contributed by atoms with Crippen LogP contribution in [0.15, 0.2) is 0 Å². The molecule has 2 fully saturated rings. The molecule has 2 saturated heterocycles. The molecule has 0 aromatic carbocycles. The van der Waals surface area contributed by atoms with Gasteiger partial charge in [0.2, 0.25) is 0 Å². The quantitative estimate of drug-likeness (QED) is 0.786. The van der Waals surface area contributed by atoms with Crippen LogP contribution in [-0.2, 0) is 9.53 Å². The standard InChI is InChI=1S/C13H22N2O4/c1-9-7-11(4-6-19-9)14-13(18)15-5-2-3-10(8-15)12(16)17/h9-11H,2-8H2,1H3,(H,14,18)(H,16,17)/t9?,10-,11?/m0/s1. The van der Waals surface area contributed by atoms with E-state index in [0.29, 0.717) is 26.1 Å². The Labute approximate surface area is 113 Å². The summed E-state index contributed by atoms with van der Waals surface area (Å²) in [6.07, 6.45) is 3.24. The van der Waals surface area contributed by atoms with Gasteiger partial charge in [0.15, 0.2) is 0 Å². The minimum absolute atomic E-state index is 0.134. The van der Waals surface area contributed by atoms with Crippen LogP contribution in [0.2, 0.25) is 0 Å². The van der Waals surface area contributed by atoms with E-state index >= 15 is 0 Å². The third kappa shape index (κ3) is 3.83. The van der Waals surface area contributed by atoms with Crippen LogP contribution >= 0.6 is 0 Å². The Hall–Kier alpha value is -1.30. The molecule has 0 spiro atoms. The maximum atomic E-state index is 12.1. The molecule has 0 saturated carbocycles. The lowest BCUT2D eigenvalue weighted by Gasteiger charge is -2.34. The number of carboxylic acids is 1. The van der Waals surface area contributed by atoms with Gasteiger partial charge in [-0.3, -0.25) is 4.79 Å². The van der Waals surface area contributed by atoms with E-state index in [-0.39, 0.29) is 18.2 Å². The summed E-state index contributed by atoms with van der Waals surface area (Å²) in [6.45, 7) is 3.64. The van der Waals surface area contributed by atoms with Gasteiger partial charge in [-0.1, -0.05) is 0 Å². The molecule has 2 unspecified atom stereocenters. The molecular weight excluding hydrogens is 248 g/mol. The molecule has 2 amide bonds. The second kappa shape index (κ2) is 6.23. The van der Waals surface area contributed by atoms with Gasteiger partial charge in [0.1, 0.15) is 0 Å². The van der Waals surface area contributed by atoms with Gasteiger partial charge in [-0.15, -0.1) is 0 Å². The Kier molecular flexibility index (Phi) is 4.63. The number of aliphatic carboxylic acids is 1. The first-order valence-electron chi connectivity index (χ1n) is 6.96. The highest BCUT2D eigenvalue weighted by molar-refractivity contribution is 5.76. The second-order valence-electron chi connectivity index (χ2n) is 5.48. The number of amides is 2. The summed E-state index contributed by atoms with van der Waals surface area (Å²) in [5.74, 6) is -1.23. The summed E-state index contributed by atoms with van der Waals surface area (Å²) in [7, 11) is 0. The Morgan fingerprint density at radius 1 is 1.37 bits per heavy atom. The number of nitrogens with one attached hydrogen (secondary N) is 1. The highest BCUT2D eigenvalue weighted by atomic mass is 16.5. The molecule has 2 aliphatic rings. The molecule has 0 aromatic heterocycles. The van der Waals surface area contributed by atoms with E-state index in [1.54, 1.807) is 4.90 Å². The number of urea groups is 1. The van der Waals surface area contributed by atoms with Crippen LogP contribution in [0.4, 0.5) is 4.79 Å². The van der Waals surface area contributed by atoms with Crippen LogP contribution in [-0.4, -0.2) is 53.8 Å². The topological polar surface area (TPSA) is 78.9 Å². The van der Waals surface area contributed by atoms with Crippen LogP contribution in [0.1, 0.15) is 32.6 Å². The molecule has 2 N–H and O–H groups in total. The minimum atomic E-state index is -0.808. The lowest BCUT2D eigenvalue weighted by Crippen LogP contribution is -2.51. The number of likely N-dealkylation sites (tertiary alicyclic amines) is 1. The van der Waals surface area contributed by atoms with Crippen molar-refractivity contribution in [3.63, 3.8) is 0 Å². The first kappa shape index (κ1) is 14.1. The van der Waals surface area contributed by atoms with Crippen LogP contribution in [0.25, 0.3) is 0 Å². The van der Waals surface area contributed by atoms with E-state index in [4.69, 9.17) is 9.84 Å². The van der Waals surface area contributed by atoms with Gasteiger partial charge in [-0.25, -0.2) is 4.79 Å². The van der Waals surface area contributed by atoms with Crippen molar-refractivity contribution in [2.24, 2.45) is 5.92 Å². The molecule has 3 atom stereocenters. The van der Waals surface area contributed by atoms with Crippen molar-refractivity contribution in [2.45, 2.75) is 44.8 Å². The number of nitrogens with zero attached hydrogens (tertiary/aromatic N) is 1. The summed E-state index contributed by atoms with van der Waals surface area (Å²) < 4.78 is 5.44. The van der Waals surface area contributed by atoms with E-state index in [1.165, 1.54) is 0 Å². The number of hydrogen-bond acceptors (Lipinski definition) is 3. The van der Waals surface area contributed by atoms with Crippen LogP contribution < -0.4 is 5.32 Å². The minimum Gasteiger partial charge on any atom is -0.481 e. The molecule has 2 rings (SSSR count). The number of piperidine rings is 1. The smallest absolute Gasteiger partial charge is 0.317 e. The lowest BCUT2D eigenvalue weighted by atomic mass is 9.98. The Bertz CT molecular complexity index is 348. The fourth-order valence-corrected chi connectivity index (χ4v) is 2.76. The summed E-state index contributed by atoms with van der Waals surface area (Å²) in [4.78, 5) is 24.7. The second-order valence-corrected chi connectivity index (χ2v) is 5.48. The monoisotopic (exact) mass is 270 g/mol. The molecule has 0 aliphatic carbocycles. The zero-order valence-corrected chi connectivity index (χ0v) is 11.3. The van der Waals surface area contributed by atoms with Gasteiger partial charge >= 0.3 is 12.0 Å². The van der Waals surface area contributed by atoms with Gasteiger partial charge < -0.3 is 20.1 Å². The Balaban J connectivity index is 1.83. The highest BCUT2D eigenvalue weighted by Gasteiger charge is 2.29. The molecule has 2 heterocycles. The molecule has 2 aliphatic heterocycles. The Morgan fingerprint density at radius 3 is 2.84 bits per heavy atom.